The van der Waals surface area contributed by atoms with Crippen LogP contribution in [0.5, 0.6) is 5.75 Å². The Morgan fingerprint density at radius 2 is 1.89 bits per heavy atom. The van der Waals surface area contributed by atoms with Crippen LogP contribution in [0.25, 0.3) is 16.5 Å². The topological polar surface area (TPSA) is 37.0 Å². The van der Waals surface area contributed by atoms with Crippen molar-refractivity contribution in [1.82, 2.24) is 10.3 Å². The van der Waals surface area contributed by atoms with Crippen LogP contribution in [0.1, 0.15) is 42.5 Å². The molecule has 28 heavy (non-hydrogen) atoms. The van der Waals surface area contributed by atoms with Gasteiger partial charge < -0.3 is 15.0 Å². The molecule has 5 rings (SSSR count). The number of nitrogens with one attached hydrogen (secondary N) is 2. The number of fused-ring (bicyclic) bond motifs is 3. The molecule has 2 N–H and O–H groups in total. The molecule has 0 radical (unpaired) electrons. The molecule has 2 aliphatic rings. The summed E-state index contributed by atoms with van der Waals surface area (Å²) in [6.07, 6.45) is 5.84. The average molecular weight is 373 g/mol. The Hall–Kier alpha value is -2.52. The number of H-pyrrole nitrogens is 1. The van der Waals surface area contributed by atoms with E-state index >= 15 is 0 Å². The highest BCUT2D eigenvalue weighted by atomic mass is 16.5. The van der Waals surface area contributed by atoms with Crippen LogP contribution in [-0.2, 0) is 6.42 Å². The van der Waals surface area contributed by atoms with Crippen molar-refractivity contribution in [3.63, 3.8) is 0 Å². The van der Waals surface area contributed by atoms with Crippen molar-refractivity contribution in [2.24, 2.45) is 5.92 Å². The molecule has 1 aromatic heterocycles. The summed E-state index contributed by atoms with van der Waals surface area (Å²) in [5, 5.41) is 5.13. The fraction of sp³-hybridized carbons (Fsp3) is 0.360. The van der Waals surface area contributed by atoms with Gasteiger partial charge in [-0.3, -0.25) is 0 Å². The molecule has 0 fully saturated rings. The van der Waals surface area contributed by atoms with Gasteiger partial charge in [-0.25, -0.2) is 0 Å². The van der Waals surface area contributed by atoms with Gasteiger partial charge in [-0.05, 0) is 66.0 Å². The maximum absolute atomic E-state index is 5.48. The quantitative estimate of drug-likeness (QED) is 0.656. The number of aromatic amines is 1. The number of rotatable bonds is 3. The van der Waals surface area contributed by atoms with E-state index in [1.54, 1.807) is 7.11 Å². The number of hydrogen-bond donors (Lipinski definition) is 2. The van der Waals surface area contributed by atoms with Gasteiger partial charge in [0.25, 0.3) is 0 Å². The van der Waals surface area contributed by atoms with Gasteiger partial charge in [0, 0.05) is 29.2 Å². The minimum absolute atomic E-state index is 0.534. The highest BCUT2D eigenvalue weighted by molar-refractivity contribution is 5.86. The monoisotopic (exact) mass is 372 g/mol. The molecule has 3 aromatic rings. The van der Waals surface area contributed by atoms with Crippen molar-refractivity contribution in [3.05, 3.63) is 71.4 Å². The first-order valence-corrected chi connectivity index (χ1v) is 10.4. The lowest BCUT2D eigenvalue weighted by atomic mass is 9.74. The van der Waals surface area contributed by atoms with Gasteiger partial charge in [-0.1, -0.05) is 43.3 Å². The second kappa shape index (κ2) is 7.14. The first kappa shape index (κ1) is 17.6. The van der Waals surface area contributed by atoms with Crippen LogP contribution < -0.4 is 10.1 Å². The summed E-state index contributed by atoms with van der Waals surface area (Å²) in [6, 6.07) is 17.8. The molecule has 0 bridgehead atoms. The Morgan fingerprint density at radius 1 is 1.04 bits per heavy atom. The van der Waals surface area contributed by atoms with E-state index in [9.17, 15) is 0 Å². The highest BCUT2D eigenvalue weighted by Gasteiger charge is 2.33. The van der Waals surface area contributed by atoms with Crippen LogP contribution in [0.3, 0.4) is 0 Å². The predicted molar refractivity (Wildman–Crippen MR) is 116 cm³/mol. The van der Waals surface area contributed by atoms with Crippen molar-refractivity contribution >= 4 is 16.5 Å². The smallest absolute Gasteiger partial charge is 0.119 e. The Kier molecular flexibility index (Phi) is 4.48. The van der Waals surface area contributed by atoms with E-state index in [1.165, 1.54) is 39.7 Å². The third-order valence-electron chi connectivity index (χ3n) is 6.64. The van der Waals surface area contributed by atoms with Gasteiger partial charge in [0.05, 0.1) is 7.11 Å². The van der Waals surface area contributed by atoms with Gasteiger partial charge >= 0.3 is 0 Å². The first-order valence-electron chi connectivity index (χ1n) is 10.4. The molecular weight excluding hydrogens is 344 g/mol. The SMILES string of the molecule is COc1ccc2[nH]c3c(c2c1)CC(C1CC(c2ccccc2)=CCN1)CC3C. The second-order valence-electron chi connectivity index (χ2n) is 8.34. The Bertz CT molecular complexity index is 1020. The predicted octanol–water partition coefficient (Wildman–Crippen LogP) is 5.29. The normalized spacial score (nSPS) is 24.6. The van der Waals surface area contributed by atoms with Gasteiger partial charge in [0.2, 0.25) is 0 Å². The van der Waals surface area contributed by atoms with Crippen molar-refractivity contribution in [1.29, 1.82) is 0 Å². The van der Waals surface area contributed by atoms with Crippen LogP contribution >= 0.6 is 0 Å². The van der Waals surface area contributed by atoms with Crippen molar-refractivity contribution in [2.45, 2.75) is 38.1 Å². The third-order valence-corrected chi connectivity index (χ3v) is 6.64. The summed E-state index contributed by atoms with van der Waals surface area (Å²) in [7, 11) is 1.75. The van der Waals surface area contributed by atoms with Gasteiger partial charge in [-0.15, -0.1) is 0 Å². The first-order chi connectivity index (χ1) is 13.7. The van der Waals surface area contributed by atoms with E-state index in [0.717, 1.165) is 25.1 Å². The summed E-state index contributed by atoms with van der Waals surface area (Å²) >= 11 is 0. The van der Waals surface area contributed by atoms with Crippen LogP contribution in [0.2, 0.25) is 0 Å². The van der Waals surface area contributed by atoms with E-state index < -0.39 is 0 Å². The zero-order valence-corrected chi connectivity index (χ0v) is 16.7. The van der Waals surface area contributed by atoms with Crippen molar-refractivity contribution < 1.29 is 4.74 Å². The average Bonchev–Trinajstić information content (AvgIpc) is 3.13. The van der Waals surface area contributed by atoms with Crippen molar-refractivity contribution in [2.75, 3.05) is 13.7 Å². The lowest BCUT2D eigenvalue weighted by Crippen LogP contribution is -2.41. The largest absolute Gasteiger partial charge is 0.497 e. The minimum Gasteiger partial charge on any atom is -0.497 e. The maximum Gasteiger partial charge on any atom is 0.119 e. The molecule has 144 valence electrons. The van der Waals surface area contributed by atoms with E-state index in [0.29, 0.717) is 17.9 Å². The highest BCUT2D eigenvalue weighted by Crippen LogP contribution is 2.42. The molecule has 1 aliphatic carbocycles. The summed E-state index contributed by atoms with van der Waals surface area (Å²) in [6.45, 7) is 3.34. The van der Waals surface area contributed by atoms with E-state index in [1.807, 2.05) is 6.07 Å². The van der Waals surface area contributed by atoms with Crippen LogP contribution in [0.15, 0.2) is 54.6 Å². The molecule has 1 aliphatic heterocycles. The molecule has 0 spiro atoms. The summed E-state index contributed by atoms with van der Waals surface area (Å²) in [4.78, 5) is 3.69. The lowest BCUT2D eigenvalue weighted by Gasteiger charge is -2.36. The number of aromatic nitrogens is 1. The van der Waals surface area contributed by atoms with Crippen molar-refractivity contribution in [3.8, 4) is 5.75 Å². The summed E-state index contributed by atoms with van der Waals surface area (Å²) < 4.78 is 5.48. The Balaban J connectivity index is 1.43. The number of methoxy groups -OCH3 is 1. The van der Waals surface area contributed by atoms with Gasteiger partial charge in [0.1, 0.15) is 5.75 Å². The third kappa shape index (κ3) is 3.04. The zero-order valence-electron chi connectivity index (χ0n) is 16.7. The minimum atomic E-state index is 0.534. The van der Waals surface area contributed by atoms with E-state index in [4.69, 9.17) is 4.74 Å². The van der Waals surface area contributed by atoms with Gasteiger partial charge in [-0.2, -0.15) is 0 Å². The number of benzene rings is 2. The second-order valence-corrected chi connectivity index (χ2v) is 8.34. The van der Waals surface area contributed by atoms with Crippen LogP contribution in [-0.4, -0.2) is 24.7 Å². The molecule has 3 atom stereocenters. The van der Waals surface area contributed by atoms with Gasteiger partial charge in [0.15, 0.2) is 0 Å². The maximum atomic E-state index is 5.48. The molecule has 2 heterocycles. The van der Waals surface area contributed by atoms with Crippen LogP contribution in [0.4, 0.5) is 0 Å². The number of hydrogen-bond acceptors (Lipinski definition) is 2. The summed E-state index contributed by atoms with van der Waals surface area (Å²) in [5.41, 5.74) is 7.02. The molecule has 0 saturated heterocycles. The molecule has 3 heteroatoms. The zero-order chi connectivity index (χ0) is 19.1. The summed E-state index contributed by atoms with van der Waals surface area (Å²) in [5.74, 6) is 2.15. The molecular formula is C25H28N2O. The Morgan fingerprint density at radius 3 is 2.71 bits per heavy atom. The van der Waals surface area contributed by atoms with E-state index in [-0.39, 0.29) is 0 Å². The number of ether oxygens (including phenoxy) is 1. The standard InChI is InChI=1S/C25H28N2O/c1-16-12-19(24-14-18(10-11-26-24)17-6-4-3-5-7-17)13-22-21-15-20(28-2)8-9-23(21)27-25(16)22/h3-10,15-16,19,24,26-27H,11-14H2,1-2H3. The fourth-order valence-corrected chi connectivity index (χ4v) is 5.19. The molecule has 3 nitrogen and oxygen atoms in total. The molecule has 0 saturated carbocycles. The Labute approximate surface area is 166 Å². The molecule has 3 unspecified atom stereocenters. The van der Waals surface area contributed by atoms with Crippen LogP contribution in [0, 0.1) is 5.92 Å². The lowest BCUT2D eigenvalue weighted by molar-refractivity contribution is 0.306. The van der Waals surface area contributed by atoms with E-state index in [2.05, 4.69) is 65.8 Å². The molecule has 0 amide bonds. The molecule has 2 aromatic carbocycles. The fourth-order valence-electron chi connectivity index (χ4n) is 5.19.